The average molecular weight is 322 g/mol. The van der Waals surface area contributed by atoms with E-state index in [1.54, 1.807) is 17.3 Å². The van der Waals surface area contributed by atoms with E-state index < -0.39 is 0 Å². The predicted octanol–water partition coefficient (Wildman–Crippen LogP) is 2.78. The summed E-state index contributed by atoms with van der Waals surface area (Å²) in [4.78, 5) is 17.5. The number of nitrogens with zero attached hydrogens (tertiary/aromatic N) is 2. The predicted molar refractivity (Wildman–Crippen MR) is 71.3 cm³/mol. The van der Waals surface area contributed by atoms with Crippen molar-refractivity contribution in [2.45, 2.75) is 6.42 Å². The van der Waals surface area contributed by atoms with E-state index in [2.05, 4.69) is 33.5 Å². The molecule has 2 heterocycles. The Morgan fingerprint density at radius 1 is 1.62 bits per heavy atom. The molecule has 0 spiro atoms. The number of aromatic nitrogens is 1. The van der Waals surface area contributed by atoms with Crippen LogP contribution in [-0.2, 0) is 4.79 Å². The van der Waals surface area contributed by atoms with Crippen LogP contribution in [0.25, 0.3) is 0 Å². The van der Waals surface area contributed by atoms with E-state index >= 15 is 0 Å². The van der Waals surface area contributed by atoms with Crippen molar-refractivity contribution in [3.8, 4) is 0 Å². The number of amides is 1. The Bertz CT molecular complexity index is 429. The quantitative estimate of drug-likeness (QED) is 0.850. The van der Waals surface area contributed by atoms with Crippen molar-refractivity contribution in [2.24, 2.45) is 5.92 Å². The molecule has 2 rings (SSSR count). The van der Waals surface area contributed by atoms with Gasteiger partial charge in [0.15, 0.2) is 0 Å². The minimum Gasteiger partial charge on any atom is -0.309 e. The van der Waals surface area contributed by atoms with Crippen LogP contribution in [0.1, 0.15) is 6.42 Å². The summed E-state index contributed by atoms with van der Waals surface area (Å²) in [5.74, 6) is 1.09. The number of hydrogen-bond donors (Lipinski definition) is 1. The molecule has 1 amide bonds. The van der Waals surface area contributed by atoms with Gasteiger partial charge in [0.05, 0.1) is 21.4 Å². The Hall–Kier alpha value is -0.260. The highest BCUT2D eigenvalue weighted by Crippen LogP contribution is 2.35. The zero-order valence-electron chi connectivity index (χ0n) is 8.36. The minimum atomic E-state index is 0.0841. The normalized spacial score (nSPS) is 20.6. The monoisotopic (exact) mass is 320 g/mol. The number of thiol groups is 1. The lowest BCUT2D eigenvalue weighted by molar-refractivity contribution is -0.117. The number of carbonyl (C=O) groups is 1. The van der Waals surface area contributed by atoms with Gasteiger partial charge >= 0.3 is 0 Å². The highest BCUT2D eigenvalue weighted by atomic mass is 79.9. The van der Waals surface area contributed by atoms with Crippen LogP contribution in [-0.4, -0.2) is 23.2 Å². The molecule has 0 saturated carbocycles. The molecule has 6 heteroatoms. The molecule has 1 saturated heterocycles. The fourth-order valence-corrected chi connectivity index (χ4v) is 2.50. The lowest BCUT2D eigenvalue weighted by Gasteiger charge is -2.17. The lowest BCUT2D eigenvalue weighted by Crippen LogP contribution is -2.25. The highest BCUT2D eigenvalue weighted by molar-refractivity contribution is 9.10. The second-order valence-electron chi connectivity index (χ2n) is 3.71. The van der Waals surface area contributed by atoms with Gasteiger partial charge in [0.2, 0.25) is 5.91 Å². The molecule has 0 bridgehead atoms. The summed E-state index contributed by atoms with van der Waals surface area (Å²) < 4.78 is 0.703. The molecule has 1 atom stereocenters. The van der Waals surface area contributed by atoms with Crippen LogP contribution in [0.5, 0.6) is 0 Å². The molecule has 1 aliphatic heterocycles. The van der Waals surface area contributed by atoms with Crippen LogP contribution in [0.2, 0.25) is 5.02 Å². The first-order chi connectivity index (χ1) is 7.63. The van der Waals surface area contributed by atoms with Crippen molar-refractivity contribution in [1.29, 1.82) is 0 Å². The summed E-state index contributed by atoms with van der Waals surface area (Å²) in [5.41, 5.74) is 0.672. The number of pyridine rings is 1. The highest BCUT2D eigenvalue weighted by Gasteiger charge is 2.31. The van der Waals surface area contributed by atoms with Gasteiger partial charge in [0, 0.05) is 19.2 Å². The van der Waals surface area contributed by atoms with E-state index in [1.165, 1.54) is 0 Å². The molecular formula is C10H10BrClN2OS. The molecule has 1 unspecified atom stereocenters. The summed E-state index contributed by atoms with van der Waals surface area (Å²) in [6.45, 7) is 0.667. The van der Waals surface area contributed by atoms with Crippen molar-refractivity contribution < 1.29 is 4.79 Å². The molecule has 1 aromatic rings. The maximum absolute atomic E-state index is 11.8. The second kappa shape index (κ2) is 4.94. The summed E-state index contributed by atoms with van der Waals surface area (Å²) in [6, 6.07) is 0. The Balaban J connectivity index is 2.31. The summed E-state index contributed by atoms with van der Waals surface area (Å²) in [6.07, 6.45) is 3.76. The van der Waals surface area contributed by atoms with Crippen molar-refractivity contribution in [3.63, 3.8) is 0 Å². The van der Waals surface area contributed by atoms with Gasteiger partial charge in [-0.25, -0.2) is 0 Å². The Morgan fingerprint density at radius 3 is 3.00 bits per heavy atom. The molecular weight excluding hydrogens is 312 g/mol. The largest absolute Gasteiger partial charge is 0.309 e. The van der Waals surface area contributed by atoms with Crippen molar-refractivity contribution in [3.05, 3.63) is 21.9 Å². The molecule has 1 fully saturated rings. The molecule has 16 heavy (non-hydrogen) atoms. The fourth-order valence-electron chi connectivity index (χ4n) is 1.73. The van der Waals surface area contributed by atoms with E-state index in [0.29, 0.717) is 39.8 Å². The Kier molecular flexibility index (Phi) is 3.77. The van der Waals surface area contributed by atoms with Gasteiger partial charge in [-0.15, -0.1) is 0 Å². The fraction of sp³-hybridized carbons (Fsp3) is 0.400. The van der Waals surface area contributed by atoms with Crippen molar-refractivity contribution in [1.82, 2.24) is 4.98 Å². The molecule has 1 aromatic heterocycles. The van der Waals surface area contributed by atoms with Gasteiger partial charge in [-0.3, -0.25) is 9.78 Å². The summed E-state index contributed by atoms with van der Waals surface area (Å²) >= 11 is 13.6. The van der Waals surface area contributed by atoms with Gasteiger partial charge < -0.3 is 4.90 Å². The van der Waals surface area contributed by atoms with Gasteiger partial charge in [-0.05, 0) is 27.6 Å². The topological polar surface area (TPSA) is 33.2 Å². The third kappa shape index (κ3) is 2.21. The minimum absolute atomic E-state index is 0.0841. The SMILES string of the molecule is O=C1CC(CS)CN1c1cncc(Br)c1Cl. The van der Waals surface area contributed by atoms with E-state index in [4.69, 9.17) is 11.6 Å². The Labute approximate surface area is 113 Å². The molecule has 0 aromatic carbocycles. The number of hydrogen-bond acceptors (Lipinski definition) is 3. The number of halogens is 2. The zero-order chi connectivity index (χ0) is 11.7. The third-order valence-electron chi connectivity index (χ3n) is 2.57. The van der Waals surface area contributed by atoms with Crippen LogP contribution < -0.4 is 4.90 Å². The second-order valence-corrected chi connectivity index (χ2v) is 5.31. The van der Waals surface area contributed by atoms with Gasteiger partial charge in [0.25, 0.3) is 0 Å². The first kappa shape index (κ1) is 12.2. The summed E-state index contributed by atoms with van der Waals surface area (Å²) in [5, 5.41) is 0.531. The van der Waals surface area contributed by atoms with Crippen LogP contribution in [0, 0.1) is 5.92 Å². The average Bonchev–Trinajstić information content (AvgIpc) is 2.64. The maximum Gasteiger partial charge on any atom is 0.227 e. The first-order valence-corrected chi connectivity index (χ1v) is 6.64. The molecule has 3 nitrogen and oxygen atoms in total. The lowest BCUT2D eigenvalue weighted by atomic mass is 10.1. The van der Waals surface area contributed by atoms with Crippen LogP contribution in [0.15, 0.2) is 16.9 Å². The van der Waals surface area contributed by atoms with Crippen molar-refractivity contribution >= 4 is 51.8 Å². The zero-order valence-corrected chi connectivity index (χ0v) is 11.6. The molecule has 0 radical (unpaired) electrons. The third-order valence-corrected chi connectivity index (χ3v) is 4.32. The maximum atomic E-state index is 11.8. The van der Waals surface area contributed by atoms with E-state index in [0.717, 1.165) is 0 Å². The number of anilines is 1. The van der Waals surface area contributed by atoms with E-state index in [9.17, 15) is 4.79 Å². The van der Waals surface area contributed by atoms with Crippen LogP contribution in [0.3, 0.4) is 0 Å². The van der Waals surface area contributed by atoms with Gasteiger partial charge in [0.1, 0.15) is 0 Å². The molecule has 86 valence electrons. The summed E-state index contributed by atoms with van der Waals surface area (Å²) in [7, 11) is 0. The smallest absolute Gasteiger partial charge is 0.227 e. The van der Waals surface area contributed by atoms with E-state index in [-0.39, 0.29) is 5.91 Å². The van der Waals surface area contributed by atoms with Crippen LogP contribution >= 0.6 is 40.2 Å². The van der Waals surface area contributed by atoms with Gasteiger partial charge in [-0.2, -0.15) is 12.6 Å². The number of rotatable bonds is 2. The van der Waals surface area contributed by atoms with Gasteiger partial charge in [-0.1, -0.05) is 11.6 Å². The standard InChI is InChI=1S/C10H10BrClN2OS/c11-7-2-13-3-8(10(7)12)14-4-6(5-16)1-9(14)15/h2-3,6,16H,1,4-5H2. The molecule has 0 aliphatic carbocycles. The van der Waals surface area contributed by atoms with Crippen molar-refractivity contribution in [2.75, 3.05) is 17.2 Å². The number of carbonyl (C=O) groups excluding carboxylic acids is 1. The Morgan fingerprint density at radius 2 is 2.38 bits per heavy atom. The van der Waals surface area contributed by atoms with E-state index in [1.807, 2.05) is 0 Å². The molecule has 0 N–H and O–H groups in total. The molecule has 1 aliphatic rings. The van der Waals surface area contributed by atoms with Crippen LogP contribution in [0.4, 0.5) is 5.69 Å². The first-order valence-electron chi connectivity index (χ1n) is 4.83.